The van der Waals surface area contributed by atoms with Crippen LogP contribution in [0.5, 0.6) is 0 Å². The standard InChI is InChI=1S/C19H19Cl3N2O/c1-11(14-9-10-15(20)17(22)16(14)21)23-24-18(25)12-5-7-13(8-6-12)19(2,3)4/h5-10H,1-4H3,(H,24,25). The first-order chi connectivity index (χ1) is 11.6. The molecule has 0 atom stereocenters. The van der Waals surface area contributed by atoms with Crippen LogP contribution in [0.2, 0.25) is 15.1 Å². The molecule has 132 valence electrons. The van der Waals surface area contributed by atoms with E-state index in [0.29, 0.717) is 26.9 Å². The number of nitrogens with one attached hydrogen (secondary N) is 1. The molecular weight excluding hydrogens is 379 g/mol. The number of carbonyl (C=O) groups excluding carboxylic acids is 1. The van der Waals surface area contributed by atoms with Crippen LogP contribution < -0.4 is 5.43 Å². The third-order valence-corrected chi connectivity index (χ3v) is 5.06. The second-order valence-electron chi connectivity index (χ2n) is 6.69. The van der Waals surface area contributed by atoms with Crippen LogP contribution in [0.3, 0.4) is 0 Å². The van der Waals surface area contributed by atoms with Crippen molar-refractivity contribution >= 4 is 46.4 Å². The lowest BCUT2D eigenvalue weighted by Gasteiger charge is -2.18. The van der Waals surface area contributed by atoms with Crippen molar-refractivity contribution in [1.29, 1.82) is 0 Å². The van der Waals surface area contributed by atoms with Gasteiger partial charge in [-0.15, -0.1) is 0 Å². The maximum Gasteiger partial charge on any atom is 0.271 e. The van der Waals surface area contributed by atoms with Crippen LogP contribution in [-0.2, 0) is 5.41 Å². The number of benzene rings is 2. The fourth-order valence-corrected chi connectivity index (χ4v) is 2.86. The molecule has 1 N–H and O–H groups in total. The smallest absolute Gasteiger partial charge is 0.267 e. The van der Waals surface area contributed by atoms with Crippen LogP contribution in [0, 0.1) is 0 Å². The highest BCUT2D eigenvalue weighted by atomic mass is 35.5. The number of hydrazone groups is 1. The van der Waals surface area contributed by atoms with Gasteiger partial charge in [0.25, 0.3) is 5.91 Å². The van der Waals surface area contributed by atoms with Gasteiger partial charge in [0, 0.05) is 11.1 Å². The Kier molecular flexibility index (Phi) is 6.15. The number of amides is 1. The Hall–Kier alpha value is -1.55. The molecule has 25 heavy (non-hydrogen) atoms. The SMILES string of the molecule is CC(=NNC(=O)c1ccc(C(C)(C)C)cc1)c1ccc(Cl)c(Cl)c1Cl. The summed E-state index contributed by atoms with van der Waals surface area (Å²) < 4.78 is 0. The fraction of sp³-hybridized carbons (Fsp3) is 0.263. The van der Waals surface area contributed by atoms with Gasteiger partial charge in [0.1, 0.15) is 0 Å². The first-order valence-electron chi connectivity index (χ1n) is 7.70. The minimum Gasteiger partial charge on any atom is -0.267 e. The summed E-state index contributed by atoms with van der Waals surface area (Å²) in [5.74, 6) is -0.295. The molecule has 0 spiro atoms. The average Bonchev–Trinajstić information content (AvgIpc) is 2.56. The van der Waals surface area contributed by atoms with Gasteiger partial charge in [0.2, 0.25) is 0 Å². The first-order valence-corrected chi connectivity index (χ1v) is 8.83. The summed E-state index contributed by atoms with van der Waals surface area (Å²) in [7, 11) is 0. The van der Waals surface area contributed by atoms with E-state index in [1.807, 2.05) is 12.1 Å². The number of hydrogen-bond donors (Lipinski definition) is 1. The highest BCUT2D eigenvalue weighted by molar-refractivity contribution is 6.49. The number of hydrogen-bond acceptors (Lipinski definition) is 2. The van der Waals surface area contributed by atoms with E-state index in [9.17, 15) is 4.79 Å². The molecular formula is C19H19Cl3N2O. The van der Waals surface area contributed by atoms with Gasteiger partial charge in [0.05, 0.1) is 20.8 Å². The predicted octanol–water partition coefficient (Wildman–Crippen LogP) is 6.10. The predicted molar refractivity (Wildman–Crippen MR) is 106 cm³/mol. The summed E-state index contributed by atoms with van der Waals surface area (Å²) in [6.07, 6.45) is 0. The molecule has 0 unspecified atom stereocenters. The van der Waals surface area contributed by atoms with Gasteiger partial charge in [-0.1, -0.05) is 73.8 Å². The van der Waals surface area contributed by atoms with Crippen molar-refractivity contribution in [2.24, 2.45) is 5.10 Å². The molecule has 0 aliphatic rings. The maximum atomic E-state index is 12.2. The molecule has 0 fully saturated rings. The van der Waals surface area contributed by atoms with E-state index in [2.05, 4.69) is 31.3 Å². The highest BCUT2D eigenvalue weighted by Crippen LogP contribution is 2.32. The summed E-state index contributed by atoms with van der Waals surface area (Å²) in [6, 6.07) is 10.8. The van der Waals surface area contributed by atoms with E-state index in [4.69, 9.17) is 34.8 Å². The summed E-state index contributed by atoms with van der Waals surface area (Å²) in [5.41, 5.74) is 5.40. The summed E-state index contributed by atoms with van der Waals surface area (Å²) in [5, 5.41) is 5.04. The van der Waals surface area contributed by atoms with Crippen molar-refractivity contribution in [2.45, 2.75) is 33.1 Å². The van der Waals surface area contributed by atoms with Crippen molar-refractivity contribution in [2.75, 3.05) is 0 Å². The van der Waals surface area contributed by atoms with Crippen molar-refractivity contribution in [3.05, 3.63) is 68.2 Å². The van der Waals surface area contributed by atoms with E-state index in [1.165, 1.54) is 0 Å². The van der Waals surface area contributed by atoms with Crippen molar-refractivity contribution < 1.29 is 4.79 Å². The minimum absolute atomic E-state index is 0.0361. The third kappa shape index (κ3) is 4.75. The van der Waals surface area contributed by atoms with E-state index in [-0.39, 0.29) is 16.3 Å². The Labute approximate surface area is 163 Å². The molecule has 1 amide bonds. The molecule has 2 aromatic carbocycles. The molecule has 0 radical (unpaired) electrons. The Morgan fingerprint density at radius 3 is 2.12 bits per heavy atom. The molecule has 3 nitrogen and oxygen atoms in total. The van der Waals surface area contributed by atoms with Gasteiger partial charge < -0.3 is 0 Å². The molecule has 6 heteroatoms. The Morgan fingerprint density at radius 1 is 0.960 bits per heavy atom. The van der Waals surface area contributed by atoms with Crippen LogP contribution >= 0.6 is 34.8 Å². The van der Waals surface area contributed by atoms with Gasteiger partial charge in [-0.2, -0.15) is 5.10 Å². The number of halogens is 3. The Bertz CT molecular complexity index is 822. The van der Waals surface area contributed by atoms with Crippen LogP contribution in [0.1, 0.15) is 49.2 Å². The molecule has 0 aliphatic heterocycles. The Balaban J connectivity index is 2.16. The van der Waals surface area contributed by atoms with Gasteiger partial charge in [-0.25, -0.2) is 5.43 Å². The summed E-state index contributed by atoms with van der Waals surface area (Å²) in [6.45, 7) is 8.10. The van der Waals surface area contributed by atoms with Crippen molar-refractivity contribution in [1.82, 2.24) is 5.43 Å². The van der Waals surface area contributed by atoms with E-state index in [1.54, 1.807) is 31.2 Å². The zero-order valence-electron chi connectivity index (χ0n) is 14.5. The molecule has 0 saturated heterocycles. The third-order valence-electron chi connectivity index (χ3n) is 3.76. The molecule has 0 heterocycles. The quantitative estimate of drug-likeness (QED) is 0.379. The molecule has 0 aliphatic carbocycles. The highest BCUT2D eigenvalue weighted by Gasteiger charge is 2.15. The molecule has 0 saturated carbocycles. The molecule has 2 rings (SSSR count). The van der Waals surface area contributed by atoms with E-state index >= 15 is 0 Å². The molecule has 2 aromatic rings. The van der Waals surface area contributed by atoms with Crippen LogP contribution in [-0.4, -0.2) is 11.6 Å². The lowest BCUT2D eigenvalue weighted by Crippen LogP contribution is -2.20. The van der Waals surface area contributed by atoms with Gasteiger partial charge in [0.15, 0.2) is 0 Å². The topological polar surface area (TPSA) is 41.5 Å². The van der Waals surface area contributed by atoms with E-state index < -0.39 is 0 Å². The summed E-state index contributed by atoms with van der Waals surface area (Å²) in [4.78, 5) is 12.2. The first kappa shape index (κ1) is 19.8. The second kappa shape index (κ2) is 7.77. The number of nitrogens with zero attached hydrogens (tertiary/aromatic N) is 1. The fourth-order valence-electron chi connectivity index (χ4n) is 2.19. The van der Waals surface area contributed by atoms with Crippen LogP contribution in [0.25, 0.3) is 0 Å². The number of carbonyl (C=O) groups is 1. The average molecular weight is 398 g/mol. The lowest BCUT2D eigenvalue weighted by atomic mass is 9.87. The van der Waals surface area contributed by atoms with Gasteiger partial charge >= 0.3 is 0 Å². The largest absolute Gasteiger partial charge is 0.271 e. The number of rotatable bonds is 3. The van der Waals surface area contributed by atoms with Crippen molar-refractivity contribution in [3.63, 3.8) is 0 Å². The Morgan fingerprint density at radius 2 is 1.56 bits per heavy atom. The van der Waals surface area contributed by atoms with Crippen LogP contribution in [0.4, 0.5) is 0 Å². The molecule has 0 bridgehead atoms. The maximum absolute atomic E-state index is 12.2. The van der Waals surface area contributed by atoms with E-state index in [0.717, 1.165) is 5.56 Å². The van der Waals surface area contributed by atoms with Gasteiger partial charge in [-0.3, -0.25) is 4.79 Å². The monoisotopic (exact) mass is 396 g/mol. The summed E-state index contributed by atoms with van der Waals surface area (Å²) >= 11 is 18.1. The zero-order chi connectivity index (χ0) is 18.8. The second-order valence-corrected chi connectivity index (χ2v) is 7.85. The zero-order valence-corrected chi connectivity index (χ0v) is 16.7. The molecule has 0 aromatic heterocycles. The van der Waals surface area contributed by atoms with Crippen LogP contribution in [0.15, 0.2) is 41.5 Å². The van der Waals surface area contributed by atoms with Crippen molar-refractivity contribution in [3.8, 4) is 0 Å². The lowest BCUT2D eigenvalue weighted by molar-refractivity contribution is 0.0955. The minimum atomic E-state index is -0.295. The van der Waals surface area contributed by atoms with Gasteiger partial charge in [-0.05, 0) is 36.1 Å². The normalized spacial score (nSPS) is 12.2.